The van der Waals surface area contributed by atoms with Gasteiger partial charge in [0, 0.05) is 0 Å². The van der Waals surface area contributed by atoms with Gasteiger partial charge in [0.05, 0.1) is 0 Å². The third-order valence-corrected chi connectivity index (χ3v) is 18.9. The molecule has 756 valence electrons. The largest absolute Gasteiger partial charge is 0.0919 e. The standard InChI is InChI=1S/2C18H14.2C12H10.2C6H6.12C5H10.2C4H8/c2*1-3-7-15(8-4-1)17-11-13-18(14-12-17)16-9-5-2-6-10-16;2*1-3-7-11(8-4-1)12-9-5-2-6-10-12;2*1-2-4-6-5-3-1;12*1-4-5(2)3;2*1-3-4-2/h2*1-14H;2*1-10H;2*1-6H;12*4H,1-3H3;2*3-4H,1-2H3/b;;;;;;;;;;;;;;;;;;2*4-3+. The van der Waals surface area contributed by atoms with Crippen LogP contribution in [0.1, 0.15) is 277 Å². The third-order valence-electron chi connectivity index (χ3n) is 18.9. The van der Waals surface area contributed by atoms with Crippen molar-refractivity contribution in [1.29, 1.82) is 0 Å². The molecule has 0 saturated heterocycles. The van der Waals surface area contributed by atoms with Crippen LogP contribution < -0.4 is 0 Å². The minimum atomic E-state index is 1.26. The van der Waals surface area contributed by atoms with E-state index in [-0.39, 0.29) is 0 Å². The molecule has 12 aromatic rings. The van der Waals surface area contributed by atoms with Crippen molar-refractivity contribution in [2.75, 3.05) is 0 Å². The lowest BCUT2D eigenvalue weighted by Crippen LogP contribution is -1.79. The Hall–Kier alpha value is -13.0. The van der Waals surface area contributed by atoms with Crippen LogP contribution in [0.25, 0.3) is 66.8 Å². The summed E-state index contributed by atoms with van der Waals surface area (Å²) in [7, 11) is 0. The summed E-state index contributed by atoms with van der Waals surface area (Å²) in [6.45, 7) is 82.4. The fourth-order valence-corrected chi connectivity index (χ4v) is 7.52. The zero-order valence-corrected chi connectivity index (χ0v) is 95.9. The topological polar surface area (TPSA) is 0 Å². The van der Waals surface area contributed by atoms with E-state index in [4.69, 9.17) is 0 Å². The fraction of sp³-hybridized carbons (Fsp3) is 0.286. The van der Waals surface area contributed by atoms with Gasteiger partial charge in [0.25, 0.3) is 0 Å². The van der Waals surface area contributed by atoms with Crippen molar-refractivity contribution in [2.45, 2.75) is 277 Å². The Morgan fingerprint density at radius 3 is 0.193 bits per heavy atom. The minimum absolute atomic E-state index is 1.26. The number of benzene rings is 12. The molecule has 0 aliphatic heterocycles. The molecule has 0 saturated carbocycles. The first-order valence-electron chi connectivity index (χ1n) is 49.8. The van der Waals surface area contributed by atoms with Crippen molar-refractivity contribution in [3.63, 3.8) is 0 Å². The van der Waals surface area contributed by atoms with E-state index in [2.05, 4.69) is 482 Å². The van der Waals surface area contributed by atoms with E-state index in [1.165, 1.54) is 134 Å². The molecule has 0 fully saturated rings. The zero-order chi connectivity index (χ0) is 108. The fourth-order valence-electron chi connectivity index (χ4n) is 7.52. The summed E-state index contributed by atoms with van der Waals surface area (Å²) < 4.78 is 0. The van der Waals surface area contributed by atoms with Crippen molar-refractivity contribution < 1.29 is 0 Å². The molecule has 12 aromatic carbocycles. The predicted molar refractivity (Wildman–Crippen MR) is 654 cm³/mol. The van der Waals surface area contributed by atoms with Crippen LogP contribution >= 0.6 is 0 Å². The van der Waals surface area contributed by atoms with Gasteiger partial charge in [0.2, 0.25) is 0 Å². The third kappa shape index (κ3) is 109. The Morgan fingerprint density at radius 1 is 0.0929 bits per heavy atom. The van der Waals surface area contributed by atoms with Gasteiger partial charge in [-0.2, -0.15) is 0 Å². The maximum atomic E-state index is 2.18. The van der Waals surface area contributed by atoms with Gasteiger partial charge in [-0.1, -0.05) is 528 Å². The summed E-state index contributed by atoms with van der Waals surface area (Å²) in [4.78, 5) is 0. The Bertz CT molecular complexity index is 4230. The lowest BCUT2D eigenvalue weighted by molar-refractivity contribution is 1.36. The van der Waals surface area contributed by atoms with E-state index in [1.807, 2.05) is 256 Å². The predicted octanol–water partition coefficient (Wildman–Crippen LogP) is 47.0. The first-order valence-corrected chi connectivity index (χ1v) is 49.8. The quantitative estimate of drug-likeness (QED) is 0.146. The highest BCUT2D eigenvalue weighted by atomic mass is 14.1. The summed E-state index contributed by atoms with van der Waals surface area (Å²) in [6.07, 6.45) is 33.0. The number of rotatable bonds is 6. The highest BCUT2D eigenvalue weighted by Gasteiger charge is 2.01. The van der Waals surface area contributed by atoms with Gasteiger partial charge < -0.3 is 0 Å². The SMILES string of the molecule is C/C=C/C.C/C=C/C.CC=C(C)C.CC=C(C)C.CC=C(C)C.CC=C(C)C.CC=C(C)C.CC=C(C)C.CC=C(C)C.CC=C(C)C.CC=C(C)C.CC=C(C)C.CC=C(C)C.CC=C(C)C.c1ccc(-c2ccc(-c3ccccc3)cc2)cc1.c1ccc(-c2ccc(-c3ccccc3)cc2)cc1.c1ccc(-c2ccccc2)cc1.c1ccc(-c2ccccc2)cc1.c1ccccc1.c1ccccc1. The van der Waals surface area contributed by atoms with Crippen LogP contribution in [0.2, 0.25) is 0 Å². The van der Waals surface area contributed by atoms with E-state index in [9.17, 15) is 0 Å². The summed E-state index contributed by atoms with van der Waals surface area (Å²) in [5.74, 6) is 0. The molecular formula is C140H196. The van der Waals surface area contributed by atoms with Gasteiger partial charge in [0.1, 0.15) is 0 Å². The molecule has 0 spiro atoms. The molecule has 0 heterocycles. The molecule has 0 nitrogen and oxygen atoms in total. The van der Waals surface area contributed by atoms with Crippen molar-refractivity contribution in [3.8, 4) is 66.8 Å². The van der Waals surface area contributed by atoms with Crippen molar-refractivity contribution in [3.05, 3.63) is 528 Å². The second-order valence-corrected chi connectivity index (χ2v) is 34.1. The summed E-state index contributed by atoms with van der Waals surface area (Å²) >= 11 is 0. The van der Waals surface area contributed by atoms with E-state index < -0.39 is 0 Å². The molecule has 12 rings (SSSR count). The molecule has 0 aromatic heterocycles. The van der Waals surface area contributed by atoms with Crippen LogP contribution in [0.5, 0.6) is 0 Å². The number of hydrogen-bond acceptors (Lipinski definition) is 0. The maximum absolute atomic E-state index is 2.18. The van der Waals surface area contributed by atoms with Crippen LogP contribution in [0, 0.1) is 0 Å². The van der Waals surface area contributed by atoms with E-state index in [0.717, 1.165) is 0 Å². The molecular weight excluding hydrogens is 1680 g/mol. The summed E-state index contributed by atoms with van der Waals surface area (Å²) in [5, 5.41) is 0. The molecule has 0 unspecified atom stereocenters. The van der Waals surface area contributed by atoms with Gasteiger partial charge in [0.15, 0.2) is 0 Å². The average molecular weight is 1880 g/mol. The van der Waals surface area contributed by atoms with Crippen molar-refractivity contribution in [1.82, 2.24) is 0 Å². The van der Waals surface area contributed by atoms with Crippen molar-refractivity contribution >= 4 is 0 Å². The first-order chi connectivity index (χ1) is 66.9. The Labute approximate surface area is 865 Å². The van der Waals surface area contributed by atoms with Crippen molar-refractivity contribution in [2.24, 2.45) is 0 Å². The Balaban J connectivity index is -0.000000224. The van der Waals surface area contributed by atoms with Gasteiger partial charge >= 0.3 is 0 Å². The molecule has 0 amide bonds. The van der Waals surface area contributed by atoms with E-state index in [0.29, 0.717) is 0 Å². The van der Waals surface area contributed by atoms with Gasteiger partial charge in [-0.3, -0.25) is 0 Å². The van der Waals surface area contributed by atoms with Gasteiger partial charge in [-0.15, -0.1) is 0 Å². The Kier molecular flexibility index (Phi) is 110. The highest BCUT2D eigenvalue weighted by Crippen LogP contribution is 2.27. The molecule has 140 heavy (non-hydrogen) atoms. The van der Waals surface area contributed by atoms with Gasteiger partial charge in [-0.05, 0) is 344 Å². The lowest BCUT2D eigenvalue weighted by atomic mass is 10.0. The minimum Gasteiger partial charge on any atom is -0.0919 e. The number of hydrogen-bond donors (Lipinski definition) is 0. The number of allylic oxidation sites excluding steroid dienone is 28. The molecule has 0 aliphatic rings. The van der Waals surface area contributed by atoms with Crippen LogP contribution in [-0.4, -0.2) is 0 Å². The average Bonchev–Trinajstić information content (AvgIpc) is 0.843. The monoisotopic (exact) mass is 1880 g/mol. The molecule has 0 radical (unpaired) electrons. The molecule has 0 bridgehead atoms. The summed E-state index contributed by atoms with van der Waals surface area (Å²) in [5.41, 5.74) is 31.7. The summed E-state index contributed by atoms with van der Waals surface area (Å²) in [6, 6.07) is 125. The smallest absolute Gasteiger partial charge is 0.0184 e. The molecule has 0 heteroatoms. The van der Waals surface area contributed by atoms with Gasteiger partial charge in [-0.25, -0.2) is 0 Å². The molecule has 0 atom stereocenters. The van der Waals surface area contributed by atoms with Crippen LogP contribution in [0.3, 0.4) is 0 Å². The highest BCUT2D eigenvalue weighted by molar-refractivity contribution is 5.72. The van der Waals surface area contributed by atoms with E-state index >= 15 is 0 Å². The lowest BCUT2D eigenvalue weighted by Gasteiger charge is -2.04. The van der Waals surface area contributed by atoms with Crippen LogP contribution in [0.4, 0.5) is 0 Å². The zero-order valence-electron chi connectivity index (χ0n) is 95.9. The normalized spacial score (nSPS) is 8.51. The second-order valence-electron chi connectivity index (χ2n) is 34.1. The Morgan fingerprint density at radius 2 is 0.143 bits per heavy atom. The first kappa shape index (κ1) is 142. The van der Waals surface area contributed by atoms with Crippen LogP contribution in [-0.2, 0) is 0 Å². The maximum Gasteiger partial charge on any atom is -0.0184 e. The molecule has 0 aliphatic carbocycles. The van der Waals surface area contributed by atoms with Crippen LogP contribution in [0.15, 0.2) is 528 Å². The van der Waals surface area contributed by atoms with E-state index in [1.54, 1.807) is 0 Å². The second kappa shape index (κ2) is 108. The molecule has 0 N–H and O–H groups in total.